The predicted octanol–water partition coefficient (Wildman–Crippen LogP) is 1.80. The van der Waals surface area contributed by atoms with Crippen molar-refractivity contribution in [2.45, 2.75) is 0 Å². The highest BCUT2D eigenvalue weighted by Gasteiger charge is 2.09. The maximum atomic E-state index is 10.7. The fourth-order valence-electron chi connectivity index (χ4n) is 1.66. The molecule has 0 aliphatic rings. The summed E-state index contributed by atoms with van der Waals surface area (Å²) >= 11 is 0. The molecule has 0 atom stereocenters. The van der Waals surface area contributed by atoms with Gasteiger partial charge in [-0.3, -0.25) is 9.78 Å². The SMILES string of the molecule is O=Cc1cc2c(-c3ccon3)nccn2c1. The quantitative estimate of drug-likeness (QED) is 0.609. The second-order valence-corrected chi connectivity index (χ2v) is 3.34. The number of rotatable bonds is 2. The van der Waals surface area contributed by atoms with Crippen LogP contribution in [0.1, 0.15) is 10.4 Å². The lowest BCUT2D eigenvalue weighted by Gasteiger charge is -1.98. The van der Waals surface area contributed by atoms with Crippen molar-refractivity contribution in [2.75, 3.05) is 0 Å². The lowest BCUT2D eigenvalue weighted by molar-refractivity contribution is 0.112. The Balaban J connectivity index is 2.32. The van der Waals surface area contributed by atoms with Crippen molar-refractivity contribution in [1.29, 1.82) is 0 Å². The first-order chi connectivity index (χ1) is 7.88. The van der Waals surface area contributed by atoms with Crippen LogP contribution in [0.3, 0.4) is 0 Å². The van der Waals surface area contributed by atoms with Gasteiger partial charge >= 0.3 is 0 Å². The van der Waals surface area contributed by atoms with Crippen molar-refractivity contribution in [2.24, 2.45) is 0 Å². The Labute approximate surface area is 90.3 Å². The van der Waals surface area contributed by atoms with Gasteiger partial charge in [-0.25, -0.2) is 0 Å². The molecule has 0 amide bonds. The van der Waals surface area contributed by atoms with Gasteiger partial charge in [0, 0.05) is 30.2 Å². The Hall–Kier alpha value is -2.43. The molecule has 3 heterocycles. The Morgan fingerprint density at radius 1 is 1.44 bits per heavy atom. The molecule has 5 heteroatoms. The summed E-state index contributed by atoms with van der Waals surface area (Å²) in [5, 5.41) is 3.83. The number of nitrogens with zero attached hydrogens (tertiary/aromatic N) is 3. The third-order valence-electron chi connectivity index (χ3n) is 2.36. The van der Waals surface area contributed by atoms with Crippen molar-refractivity contribution in [3.63, 3.8) is 0 Å². The minimum atomic E-state index is 0.609. The number of aldehydes is 1. The highest BCUT2D eigenvalue weighted by atomic mass is 16.5. The van der Waals surface area contributed by atoms with Crippen molar-refractivity contribution < 1.29 is 9.32 Å². The topological polar surface area (TPSA) is 60.4 Å². The molecule has 0 N–H and O–H groups in total. The van der Waals surface area contributed by atoms with E-state index in [9.17, 15) is 4.79 Å². The molecule has 0 bridgehead atoms. The largest absolute Gasteiger partial charge is 0.364 e. The van der Waals surface area contributed by atoms with E-state index in [1.165, 1.54) is 6.26 Å². The van der Waals surface area contributed by atoms with Crippen LogP contribution in [-0.4, -0.2) is 20.8 Å². The highest BCUT2D eigenvalue weighted by molar-refractivity contribution is 5.83. The summed E-state index contributed by atoms with van der Waals surface area (Å²) < 4.78 is 6.62. The number of carbonyl (C=O) groups excluding carboxylic acids is 1. The molecule has 0 aliphatic carbocycles. The molecule has 0 saturated heterocycles. The molecule has 5 nitrogen and oxygen atoms in total. The molecule has 0 unspecified atom stereocenters. The van der Waals surface area contributed by atoms with Crippen LogP contribution in [0.2, 0.25) is 0 Å². The standard InChI is InChI=1S/C11H7N3O2/c15-7-8-5-10-11(9-1-4-16-13-9)12-2-3-14(10)6-8/h1-7H. The van der Waals surface area contributed by atoms with E-state index in [0.29, 0.717) is 17.0 Å². The first kappa shape index (κ1) is 8.84. The van der Waals surface area contributed by atoms with E-state index in [1.54, 1.807) is 30.7 Å². The van der Waals surface area contributed by atoms with Crippen LogP contribution in [0, 0.1) is 0 Å². The second kappa shape index (κ2) is 3.30. The van der Waals surface area contributed by atoms with Crippen LogP contribution in [0.5, 0.6) is 0 Å². The fraction of sp³-hybridized carbons (Fsp3) is 0. The minimum absolute atomic E-state index is 0.609. The number of carbonyl (C=O) groups is 1. The van der Waals surface area contributed by atoms with Crippen molar-refractivity contribution in [1.82, 2.24) is 14.5 Å². The zero-order valence-electron chi connectivity index (χ0n) is 8.20. The average Bonchev–Trinajstić information content (AvgIpc) is 2.97. The maximum Gasteiger partial charge on any atom is 0.151 e. The second-order valence-electron chi connectivity index (χ2n) is 3.34. The van der Waals surface area contributed by atoms with Gasteiger partial charge in [0.25, 0.3) is 0 Å². The molecule has 0 aromatic carbocycles. The van der Waals surface area contributed by atoms with Gasteiger partial charge in [0.05, 0.1) is 5.52 Å². The Morgan fingerprint density at radius 3 is 3.12 bits per heavy atom. The molecular formula is C11H7N3O2. The summed E-state index contributed by atoms with van der Waals surface area (Å²) in [6.07, 6.45) is 7.48. The van der Waals surface area contributed by atoms with E-state index in [1.807, 2.05) is 4.40 Å². The fourth-order valence-corrected chi connectivity index (χ4v) is 1.66. The van der Waals surface area contributed by atoms with Gasteiger partial charge in [-0.05, 0) is 6.07 Å². The zero-order chi connectivity index (χ0) is 11.0. The summed E-state index contributed by atoms with van der Waals surface area (Å²) in [6, 6.07) is 3.50. The van der Waals surface area contributed by atoms with Gasteiger partial charge < -0.3 is 8.92 Å². The van der Waals surface area contributed by atoms with Crippen LogP contribution in [0.15, 0.2) is 41.5 Å². The van der Waals surface area contributed by atoms with Crippen molar-refractivity contribution in [3.05, 3.63) is 42.5 Å². The first-order valence-corrected chi connectivity index (χ1v) is 4.71. The molecule has 0 spiro atoms. The Morgan fingerprint density at radius 2 is 2.38 bits per heavy atom. The minimum Gasteiger partial charge on any atom is -0.364 e. The monoisotopic (exact) mass is 213 g/mol. The molecular weight excluding hydrogens is 206 g/mol. The van der Waals surface area contributed by atoms with E-state index in [2.05, 4.69) is 10.1 Å². The smallest absolute Gasteiger partial charge is 0.151 e. The molecule has 78 valence electrons. The number of hydrogen-bond acceptors (Lipinski definition) is 4. The summed E-state index contributed by atoms with van der Waals surface area (Å²) in [6.45, 7) is 0. The molecule has 3 aromatic heterocycles. The number of hydrogen-bond donors (Lipinski definition) is 0. The van der Waals surface area contributed by atoms with Crippen molar-refractivity contribution in [3.8, 4) is 11.4 Å². The number of aromatic nitrogens is 3. The molecule has 0 radical (unpaired) electrons. The maximum absolute atomic E-state index is 10.7. The molecule has 0 fully saturated rings. The van der Waals surface area contributed by atoms with Gasteiger partial charge in [-0.1, -0.05) is 5.16 Å². The van der Waals surface area contributed by atoms with Crippen LogP contribution < -0.4 is 0 Å². The van der Waals surface area contributed by atoms with Crippen LogP contribution in [0.4, 0.5) is 0 Å². The van der Waals surface area contributed by atoms with Crippen LogP contribution >= 0.6 is 0 Å². The first-order valence-electron chi connectivity index (χ1n) is 4.71. The van der Waals surface area contributed by atoms with E-state index in [0.717, 1.165) is 11.8 Å². The summed E-state index contributed by atoms with van der Waals surface area (Å²) in [4.78, 5) is 14.9. The van der Waals surface area contributed by atoms with E-state index in [-0.39, 0.29) is 0 Å². The normalized spacial score (nSPS) is 10.8. The van der Waals surface area contributed by atoms with Gasteiger partial charge in [-0.15, -0.1) is 0 Å². The zero-order valence-corrected chi connectivity index (χ0v) is 8.20. The van der Waals surface area contributed by atoms with Gasteiger partial charge in [-0.2, -0.15) is 0 Å². The van der Waals surface area contributed by atoms with Gasteiger partial charge in [0.2, 0.25) is 0 Å². The molecule has 0 aliphatic heterocycles. The molecule has 3 rings (SSSR count). The van der Waals surface area contributed by atoms with E-state index >= 15 is 0 Å². The third kappa shape index (κ3) is 1.22. The lowest BCUT2D eigenvalue weighted by atomic mass is 10.2. The average molecular weight is 213 g/mol. The highest BCUT2D eigenvalue weighted by Crippen LogP contribution is 2.21. The Kier molecular flexibility index (Phi) is 1.83. The molecule has 3 aromatic rings. The van der Waals surface area contributed by atoms with Gasteiger partial charge in [0.15, 0.2) is 6.29 Å². The van der Waals surface area contributed by atoms with Crippen LogP contribution in [0.25, 0.3) is 16.9 Å². The van der Waals surface area contributed by atoms with Crippen LogP contribution in [-0.2, 0) is 0 Å². The predicted molar refractivity (Wildman–Crippen MR) is 56.1 cm³/mol. The molecule has 16 heavy (non-hydrogen) atoms. The van der Waals surface area contributed by atoms with Crippen molar-refractivity contribution >= 4 is 11.8 Å². The van der Waals surface area contributed by atoms with E-state index < -0.39 is 0 Å². The number of fused-ring (bicyclic) bond motifs is 1. The summed E-state index contributed by atoms with van der Waals surface area (Å²) in [5.74, 6) is 0. The summed E-state index contributed by atoms with van der Waals surface area (Å²) in [7, 11) is 0. The summed E-state index contributed by atoms with van der Waals surface area (Å²) in [5.41, 5.74) is 2.79. The van der Waals surface area contributed by atoms with E-state index in [4.69, 9.17) is 4.52 Å². The third-order valence-corrected chi connectivity index (χ3v) is 2.36. The lowest BCUT2D eigenvalue weighted by Crippen LogP contribution is -1.89. The van der Waals surface area contributed by atoms with Gasteiger partial charge in [0.1, 0.15) is 17.7 Å². The Bertz CT molecular complexity index is 640. The molecule has 0 saturated carbocycles.